The molecule has 0 bridgehead atoms. The number of nitrogens with one attached hydrogen (secondary N) is 1. The Kier molecular flexibility index (Phi) is 5.53. The fourth-order valence-corrected chi connectivity index (χ4v) is 4.81. The van der Waals surface area contributed by atoms with Gasteiger partial charge in [-0.2, -0.15) is 9.40 Å². The molecule has 1 aliphatic rings. The molecule has 0 spiro atoms. The Bertz CT molecular complexity index is 1080. The largest absolute Gasteiger partial charge is 0.442 e. The van der Waals surface area contributed by atoms with E-state index in [4.69, 9.17) is 9.15 Å². The summed E-state index contributed by atoms with van der Waals surface area (Å²) >= 11 is 0. The maximum Gasteiger partial charge on any atom is 0.276 e. The standard InChI is InChI=1S/C20H24N4O4S/c1-14-15(2)22-23-20(14)18-8-9-19(28-18)29(25,26)24-11-5-7-17(12-24)27-13-16-6-3-4-10-21-16/h3-4,6,8-10,17H,5,7,11-13H2,1-2H3,(H,22,23). The fraction of sp³-hybridized carbons (Fsp3) is 0.400. The average molecular weight is 417 g/mol. The smallest absolute Gasteiger partial charge is 0.276 e. The summed E-state index contributed by atoms with van der Waals surface area (Å²) < 4.78 is 39.2. The highest BCUT2D eigenvalue weighted by atomic mass is 32.2. The van der Waals surface area contributed by atoms with Crippen LogP contribution in [0.5, 0.6) is 0 Å². The first-order valence-electron chi connectivity index (χ1n) is 9.58. The van der Waals surface area contributed by atoms with Gasteiger partial charge in [-0.05, 0) is 51.0 Å². The predicted octanol–water partition coefficient (Wildman–Crippen LogP) is 3.05. The lowest BCUT2D eigenvalue weighted by molar-refractivity contribution is 0.00644. The van der Waals surface area contributed by atoms with Gasteiger partial charge >= 0.3 is 0 Å². The molecule has 0 amide bonds. The van der Waals surface area contributed by atoms with Gasteiger partial charge in [-0.3, -0.25) is 10.1 Å². The highest BCUT2D eigenvalue weighted by molar-refractivity contribution is 7.89. The molecule has 4 heterocycles. The summed E-state index contributed by atoms with van der Waals surface area (Å²) in [6.07, 6.45) is 3.09. The summed E-state index contributed by atoms with van der Waals surface area (Å²) in [6, 6.07) is 8.78. The molecule has 0 aliphatic carbocycles. The van der Waals surface area contributed by atoms with Crippen molar-refractivity contribution in [1.29, 1.82) is 0 Å². The van der Waals surface area contributed by atoms with Crippen LogP contribution >= 0.6 is 0 Å². The number of aromatic amines is 1. The normalized spacial score (nSPS) is 18.2. The van der Waals surface area contributed by atoms with Gasteiger partial charge in [0.1, 0.15) is 5.69 Å². The fourth-order valence-electron chi connectivity index (χ4n) is 3.38. The number of sulfonamides is 1. The van der Waals surface area contributed by atoms with Crippen LogP contribution in [0.1, 0.15) is 29.8 Å². The molecule has 0 aromatic carbocycles. The van der Waals surface area contributed by atoms with Crippen molar-refractivity contribution in [3.8, 4) is 11.5 Å². The number of hydrogen-bond acceptors (Lipinski definition) is 6. The van der Waals surface area contributed by atoms with Gasteiger partial charge in [-0.15, -0.1) is 0 Å². The lowest BCUT2D eigenvalue weighted by Crippen LogP contribution is -2.43. The van der Waals surface area contributed by atoms with Crippen LogP contribution in [0.2, 0.25) is 0 Å². The molecule has 1 aliphatic heterocycles. The van der Waals surface area contributed by atoms with Crippen molar-refractivity contribution >= 4 is 10.0 Å². The van der Waals surface area contributed by atoms with Gasteiger partial charge < -0.3 is 9.15 Å². The minimum atomic E-state index is -3.74. The monoisotopic (exact) mass is 416 g/mol. The van der Waals surface area contributed by atoms with Gasteiger partial charge in [0.2, 0.25) is 5.09 Å². The van der Waals surface area contributed by atoms with E-state index < -0.39 is 10.0 Å². The molecular formula is C20H24N4O4S. The molecule has 1 N–H and O–H groups in total. The zero-order chi connectivity index (χ0) is 20.4. The Hall–Kier alpha value is -2.49. The number of aromatic nitrogens is 3. The maximum atomic E-state index is 13.1. The molecule has 1 unspecified atom stereocenters. The van der Waals surface area contributed by atoms with E-state index >= 15 is 0 Å². The number of piperidine rings is 1. The van der Waals surface area contributed by atoms with Gasteiger partial charge in [-0.1, -0.05) is 6.07 Å². The van der Waals surface area contributed by atoms with Crippen LogP contribution in [0.4, 0.5) is 0 Å². The van der Waals surface area contributed by atoms with Gasteiger partial charge in [0.15, 0.2) is 5.76 Å². The number of nitrogens with zero attached hydrogens (tertiary/aromatic N) is 3. The van der Waals surface area contributed by atoms with Crippen molar-refractivity contribution in [2.24, 2.45) is 0 Å². The summed E-state index contributed by atoms with van der Waals surface area (Å²) in [7, 11) is -3.74. The first-order chi connectivity index (χ1) is 13.9. The lowest BCUT2D eigenvalue weighted by Gasteiger charge is -2.31. The molecule has 8 nitrogen and oxygen atoms in total. The molecule has 4 rings (SSSR count). The van der Waals surface area contributed by atoms with Crippen LogP contribution in [0, 0.1) is 13.8 Å². The molecule has 1 saturated heterocycles. The van der Waals surface area contributed by atoms with E-state index in [1.54, 1.807) is 12.3 Å². The molecule has 154 valence electrons. The third-order valence-corrected chi connectivity index (χ3v) is 6.94. The number of furan rings is 1. The van der Waals surface area contributed by atoms with E-state index in [1.807, 2.05) is 32.0 Å². The Balaban J connectivity index is 1.46. The van der Waals surface area contributed by atoms with Crippen LogP contribution in [-0.2, 0) is 21.4 Å². The molecule has 3 aromatic rings. The Morgan fingerprint density at radius 2 is 2.14 bits per heavy atom. The van der Waals surface area contributed by atoms with Crippen molar-refractivity contribution in [2.45, 2.75) is 44.5 Å². The molecular weight excluding hydrogens is 392 g/mol. The molecule has 1 atom stereocenters. The second-order valence-electron chi connectivity index (χ2n) is 7.20. The number of pyridine rings is 1. The van der Waals surface area contributed by atoms with E-state index in [2.05, 4.69) is 15.2 Å². The van der Waals surface area contributed by atoms with Crippen LogP contribution in [0.25, 0.3) is 11.5 Å². The Labute approximate surface area is 170 Å². The molecule has 1 fully saturated rings. The zero-order valence-corrected chi connectivity index (χ0v) is 17.3. The third kappa shape index (κ3) is 4.12. The molecule has 29 heavy (non-hydrogen) atoms. The van der Waals surface area contributed by atoms with Crippen molar-refractivity contribution < 1.29 is 17.6 Å². The van der Waals surface area contributed by atoms with E-state index in [0.717, 1.165) is 29.8 Å². The highest BCUT2D eigenvalue weighted by Crippen LogP contribution is 2.29. The van der Waals surface area contributed by atoms with E-state index in [9.17, 15) is 8.42 Å². The molecule has 3 aromatic heterocycles. The topological polar surface area (TPSA) is 101 Å². The van der Waals surface area contributed by atoms with Crippen molar-refractivity contribution in [3.63, 3.8) is 0 Å². The van der Waals surface area contributed by atoms with Gasteiger partial charge in [-0.25, -0.2) is 8.42 Å². The minimum Gasteiger partial charge on any atom is -0.442 e. The second-order valence-corrected chi connectivity index (χ2v) is 9.07. The Morgan fingerprint density at radius 3 is 2.86 bits per heavy atom. The van der Waals surface area contributed by atoms with Crippen LogP contribution < -0.4 is 0 Å². The van der Waals surface area contributed by atoms with E-state index in [1.165, 1.54) is 10.4 Å². The molecule has 0 saturated carbocycles. The molecule has 9 heteroatoms. The second kappa shape index (κ2) is 8.10. The van der Waals surface area contributed by atoms with Crippen molar-refractivity contribution in [3.05, 3.63) is 53.5 Å². The molecule has 0 radical (unpaired) electrons. The number of hydrogen-bond donors (Lipinski definition) is 1. The lowest BCUT2D eigenvalue weighted by atomic mass is 10.1. The summed E-state index contributed by atoms with van der Waals surface area (Å²) in [5.41, 5.74) is 3.31. The van der Waals surface area contributed by atoms with Crippen LogP contribution in [0.15, 0.2) is 46.0 Å². The van der Waals surface area contributed by atoms with Crippen molar-refractivity contribution in [1.82, 2.24) is 19.5 Å². The number of H-pyrrole nitrogens is 1. The summed E-state index contributed by atoms with van der Waals surface area (Å²) in [6.45, 7) is 4.93. The number of aryl methyl sites for hydroxylation is 1. The Morgan fingerprint density at radius 1 is 1.28 bits per heavy atom. The number of ether oxygens (including phenoxy) is 1. The summed E-state index contributed by atoms with van der Waals surface area (Å²) in [5, 5.41) is 7.02. The van der Waals surface area contributed by atoms with E-state index in [0.29, 0.717) is 31.2 Å². The van der Waals surface area contributed by atoms with E-state index in [-0.39, 0.29) is 11.2 Å². The minimum absolute atomic E-state index is 0.0714. The summed E-state index contributed by atoms with van der Waals surface area (Å²) in [5.74, 6) is 0.436. The average Bonchev–Trinajstić information content (AvgIpc) is 3.35. The third-order valence-electron chi connectivity index (χ3n) is 5.20. The maximum absolute atomic E-state index is 13.1. The quantitative estimate of drug-likeness (QED) is 0.663. The van der Waals surface area contributed by atoms with Gasteiger partial charge in [0.25, 0.3) is 10.0 Å². The van der Waals surface area contributed by atoms with Crippen LogP contribution in [0.3, 0.4) is 0 Å². The van der Waals surface area contributed by atoms with Crippen molar-refractivity contribution in [2.75, 3.05) is 13.1 Å². The number of rotatable bonds is 6. The predicted molar refractivity (Wildman–Crippen MR) is 107 cm³/mol. The first kappa shape index (κ1) is 19.8. The zero-order valence-electron chi connectivity index (χ0n) is 16.5. The first-order valence-corrected chi connectivity index (χ1v) is 11.0. The summed E-state index contributed by atoms with van der Waals surface area (Å²) in [4.78, 5) is 4.24. The SMILES string of the molecule is Cc1[nH]nc(-c2ccc(S(=O)(=O)N3CCCC(OCc4ccccn4)C3)o2)c1C. The van der Waals surface area contributed by atoms with Crippen LogP contribution in [-0.4, -0.2) is 47.1 Å². The highest BCUT2D eigenvalue weighted by Gasteiger charge is 2.33. The van der Waals surface area contributed by atoms with Gasteiger partial charge in [0, 0.05) is 30.5 Å². The van der Waals surface area contributed by atoms with Gasteiger partial charge in [0.05, 0.1) is 18.4 Å².